The maximum Gasteiger partial charge on any atom is 0.242 e. The molecule has 0 unspecified atom stereocenters. The van der Waals surface area contributed by atoms with Gasteiger partial charge in [-0.15, -0.1) is 0 Å². The highest BCUT2D eigenvalue weighted by molar-refractivity contribution is 7.89. The Morgan fingerprint density at radius 2 is 1.67 bits per heavy atom. The van der Waals surface area contributed by atoms with Gasteiger partial charge in [0, 0.05) is 37.1 Å². The first kappa shape index (κ1) is 22.7. The number of halogens is 1. The minimum atomic E-state index is -3.43. The minimum absolute atomic E-state index is 0.0505. The topological polar surface area (TPSA) is 66.9 Å². The second kappa shape index (κ2) is 9.92. The Hall–Kier alpha value is -1.93. The minimum Gasteiger partial charge on any atom is -0.492 e. The Kier molecular flexibility index (Phi) is 7.52. The van der Waals surface area contributed by atoms with Crippen molar-refractivity contribution in [3.05, 3.63) is 59.1 Å². The van der Waals surface area contributed by atoms with Crippen LogP contribution in [0, 0.1) is 5.92 Å². The Bertz CT molecular complexity index is 952. The molecule has 0 amide bonds. The van der Waals surface area contributed by atoms with Crippen molar-refractivity contribution in [2.24, 2.45) is 5.92 Å². The van der Waals surface area contributed by atoms with Gasteiger partial charge in [-0.05, 0) is 74.5 Å². The Labute approximate surface area is 183 Å². The largest absolute Gasteiger partial charge is 0.492 e. The highest BCUT2D eigenvalue weighted by atomic mass is 35.5. The molecule has 162 valence electrons. The summed E-state index contributed by atoms with van der Waals surface area (Å²) in [5, 5.41) is 0.635. The van der Waals surface area contributed by atoms with Crippen molar-refractivity contribution in [1.82, 2.24) is 9.21 Å². The first-order valence-corrected chi connectivity index (χ1v) is 11.8. The Balaban J connectivity index is 1.43. The molecule has 0 aliphatic carbocycles. The van der Waals surface area contributed by atoms with Gasteiger partial charge in [0.1, 0.15) is 12.4 Å². The number of rotatable bonds is 8. The number of hydrogen-bond acceptors (Lipinski definition) is 5. The zero-order valence-electron chi connectivity index (χ0n) is 17.3. The van der Waals surface area contributed by atoms with Crippen LogP contribution in [0.5, 0.6) is 5.75 Å². The lowest BCUT2D eigenvalue weighted by Gasteiger charge is -2.31. The summed E-state index contributed by atoms with van der Waals surface area (Å²) in [5.41, 5.74) is 0.723. The van der Waals surface area contributed by atoms with Crippen LogP contribution in [0.1, 0.15) is 23.2 Å². The fourth-order valence-electron chi connectivity index (χ4n) is 3.48. The zero-order chi connectivity index (χ0) is 21.7. The van der Waals surface area contributed by atoms with Crippen LogP contribution in [-0.2, 0) is 10.0 Å². The lowest BCUT2D eigenvalue weighted by Crippen LogP contribution is -2.38. The lowest BCUT2D eigenvalue weighted by atomic mass is 9.89. The van der Waals surface area contributed by atoms with Crippen LogP contribution in [-0.4, -0.2) is 63.7 Å². The van der Waals surface area contributed by atoms with Gasteiger partial charge in [-0.25, -0.2) is 12.7 Å². The van der Waals surface area contributed by atoms with E-state index in [-0.39, 0.29) is 16.6 Å². The number of ether oxygens (including phenoxy) is 1. The standard InChI is InChI=1S/C22H27ClN2O4S/c1-24(2)30(27,28)21-9-7-20(8-10-21)29-16-15-25-13-11-18(12-14-25)22(26)17-3-5-19(23)6-4-17/h3-10,18H,11-16H2,1-2H3. The molecule has 0 bridgehead atoms. The maximum atomic E-state index is 12.6. The van der Waals surface area contributed by atoms with E-state index in [4.69, 9.17) is 16.3 Å². The number of benzene rings is 2. The zero-order valence-corrected chi connectivity index (χ0v) is 18.8. The average Bonchev–Trinajstić information content (AvgIpc) is 2.74. The van der Waals surface area contributed by atoms with Crippen LogP contribution in [0.3, 0.4) is 0 Å². The number of nitrogens with zero attached hydrogens (tertiary/aromatic N) is 2. The van der Waals surface area contributed by atoms with Crippen molar-refractivity contribution in [1.29, 1.82) is 0 Å². The van der Waals surface area contributed by atoms with Gasteiger partial charge in [0.25, 0.3) is 0 Å². The molecule has 1 saturated heterocycles. The molecule has 1 heterocycles. The number of hydrogen-bond donors (Lipinski definition) is 0. The Morgan fingerprint density at radius 3 is 2.23 bits per heavy atom. The monoisotopic (exact) mass is 450 g/mol. The molecule has 3 rings (SSSR count). The predicted molar refractivity (Wildman–Crippen MR) is 118 cm³/mol. The van der Waals surface area contributed by atoms with E-state index in [9.17, 15) is 13.2 Å². The Morgan fingerprint density at radius 1 is 1.07 bits per heavy atom. The maximum absolute atomic E-state index is 12.6. The number of Topliss-reactive ketones (excluding diaryl/α,β-unsaturated/α-hetero) is 1. The number of ketones is 1. The number of likely N-dealkylation sites (tertiary alicyclic amines) is 1. The van der Waals surface area contributed by atoms with Gasteiger partial charge in [0.15, 0.2) is 5.78 Å². The third kappa shape index (κ3) is 5.60. The third-order valence-electron chi connectivity index (χ3n) is 5.37. The molecule has 0 aromatic heterocycles. The summed E-state index contributed by atoms with van der Waals surface area (Å²) < 4.78 is 31.1. The summed E-state index contributed by atoms with van der Waals surface area (Å²) in [6, 6.07) is 13.5. The molecular weight excluding hydrogens is 424 g/mol. The summed E-state index contributed by atoms with van der Waals surface area (Å²) in [5.74, 6) is 0.880. The van der Waals surface area contributed by atoms with E-state index in [1.165, 1.54) is 18.4 Å². The molecule has 0 spiro atoms. The quantitative estimate of drug-likeness (QED) is 0.575. The summed E-state index contributed by atoms with van der Waals surface area (Å²) in [7, 11) is -0.419. The molecule has 30 heavy (non-hydrogen) atoms. The van der Waals surface area contributed by atoms with Gasteiger partial charge in [0.2, 0.25) is 10.0 Å². The molecule has 1 aliphatic heterocycles. The van der Waals surface area contributed by atoms with E-state index in [2.05, 4.69) is 4.90 Å². The first-order chi connectivity index (χ1) is 14.3. The second-order valence-corrected chi connectivity index (χ2v) is 10.2. The van der Waals surface area contributed by atoms with E-state index in [0.29, 0.717) is 17.4 Å². The molecule has 8 heteroatoms. The molecule has 0 atom stereocenters. The molecule has 1 aliphatic rings. The van der Waals surface area contributed by atoms with Crippen molar-refractivity contribution in [2.75, 3.05) is 40.3 Å². The van der Waals surface area contributed by atoms with E-state index in [1.54, 1.807) is 48.5 Å². The van der Waals surface area contributed by atoms with Crippen molar-refractivity contribution in [2.45, 2.75) is 17.7 Å². The van der Waals surface area contributed by atoms with E-state index >= 15 is 0 Å². The van der Waals surface area contributed by atoms with Gasteiger partial charge in [-0.1, -0.05) is 11.6 Å². The van der Waals surface area contributed by atoms with Gasteiger partial charge >= 0.3 is 0 Å². The average molecular weight is 451 g/mol. The third-order valence-corrected chi connectivity index (χ3v) is 7.45. The van der Waals surface area contributed by atoms with Crippen LogP contribution in [0.25, 0.3) is 0 Å². The molecule has 0 radical (unpaired) electrons. The van der Waals surface area contributed by atoms with Gasteiger partial charge in [-0.2, -0.15) is 0 Å². The molecular formula is C22H27ClN2O4S. The van der Waals surface area contributed by atoms with Gasteiger partial charge in [0.05, 0.1) is 4.90 Å². The molecule has 2 aromatic rings. The molecule has 0 saturated carbocycles. The summed E-state index contributed by atoms with van der Waals surface area (Å²) >= 11 is 5.90. The van der Waals surface area contributed by atoms with Crippen molar-refractivity contribution >= 4 is 27.4 Å². The number of carbonyl (C=O) groups is 1. The van der Waals surface area contributed by atoms with Crippen molar-refractivity contribution in [3.63, 3.8) is 0 Å². The first-order valence-electron chi connectivity index (χ1n) is 9.95. The number of carbonyl (C=O) groups excluding carboxylic acids is 1. The van der Waals surface area contributed by atoms with E-state index in [0.717, 1.165) is 38.0 Å². The summed E-state index contributed by atoms with van der Waals surface area (Å²) in [6.45, 7) is 2.98. The lowest BCUT2D eigenvalue weighted by molar-refractivity contribution is 0.0827. The molecule has 1 fully saturated rings. The van der Waals surface area contributed by atoms with Crippen molar-refractivity contribution < 1.29 is 17.9 Å². The predicted octanol–water partition coefficient (Wildman–Crippen LogP) is 3.56. The fraction of sp³-hybridized carbons (Fsp3) is 0.409. The fourth-order valence-corrected chi connectivity index (χ4v) is 4.51. The van der Waals surface area contributed by atoms with Gasteiger partial charge < -0.3 is 4.74 Å². The number of piperidine rings is 1. The van der Waals surface area contributed by atoms with Crippen LogP contribution in [0.15, 0.2) is 53.4 Å². The SMILES string of the molecule is CN(C)S(=O)(=O)c1ccc(OCCN2CCC(C(=O)c3ccc(Cl)cc3)CC2)cc1. The van der Waals surface area contributed by atoms with E-state index in [1.807, 2.05) is 0 Å². The second-order valence-electron chi connectivity index (χ2n) is 7.59. The van der Waals surface area contributed by atoms with Crippen LogP contribution in [0.4, 0.5) is 0 Å². The highest BCUT2D eigenvalue weighted by Crippen LogP contribution is 2.23. The highest BCUT2D eigenvalue weighted by Gasteiger charge is 2.25. The smallest absolute Gasteiger partial charge is 0.242 e. The van der Waals surface area contributed by atoms with Crippen molar-refractivity contribution in [3.8, 4) is 5.75 Å². The molecule has 0 N–H and O–H groups in total. The summed E-state index contributed by atoms with van der Waals surface area (Å²) in [4.78, 5) is 15.2. The van der Waals surface area contributed by atoms with Crippen LogP contribution < -0.4 is 4.74 Å². The number of sulfonamides is 1. The summed E-state index contributed by atoms with van der Waals surface area (Å²) in [6.07, 6.45) is 1.66. The van der Waals surface area contributed by atoms with Crippen LogP contribution in [0.2, 0.25) is 5.02 Å². The molecule has 2 aromatic carbocycles. The molecule has 6 nitrogen and oxygen atoms in total. The van der Waals surface area contributed by atoms with Gasteiger partial charge in [-0.3, -0.25) is 9.69 Å². The van der Waals surface area contributed by atoms with Crippen LogP contribution >= 0.6 is 11.6 Å². The van der Waals surface area contributed by atoms with E-state index < -0.39 is 10.0 Å². The normalized spacial score (nSPS) is 16.0.